The van der Waals surface area contributed by atoms with Gasteiger partial charge in [0.2, 0.25) is 0 Å². The maximum absolute atomic E-state index is 5.25. The number of aromatic nitrogens is 5. The first-order chi connectivity index (χ1) is 6.79. The standard InChI is InChI=1S/C7H9N7/c1-4-2-5(13-8)12-7(11-4)6-9-3-10-14-6/h2-3H,8H2,1H3,(H,9,10,14)(H,11,12,13). The summed E-state index contributed by atoms with van der Waals surface area (Å²) in [5.41, 5.74) is 3.26. The maximum Gasteiger partial charge on any atom is 0.199 e. The molecular formula is C7H9N7. The number of aromatic amines is 1. The first kappa shape index (κ1) is 8.57. The summed E-state index contributed by atoms with van der Waals surface area (Å²) in [7, 11) is 0. The van der Waals surface area contributed by atoms with Crippen molar-refractivity contribution in [1.82, 2.24) is 25.1 Å². The summed E-state index contributed by atoms with van der Waals surface area (Å²) in [6, 6.07) is 1.74. The highest BCUT2D eigenvalue weighted by Gasteiger charge is 2.06. The molecule has 0 radical (unpaired) electrons. The fourth-order valence-electron chi connectivity index (χ4n) is 1.06. The van der Waals surface area contributed by atoms with Gasteiger partial charge in [0.15, 0.2) is 11.6 Å². The molecule has 0 atom stereocenters. The molecule has 2 heterocycles. The predicted octanol–water partition coefficient (Wildman–Crippen LogP) is -0.144. The van der Waals surface area contributed by atoms with Crippen LogP contribution in [0.4, 0.5) is 5.82 Å². The molecule has 2 rings (SSSR count). The molecule has 2 aromatic rings. The van der Waals surface area contributed by atoms with Crippen LogP contribution in [0.2, 0.25) is 0 Å². The minimum atomic E-state index is 0.468. The van der Waals surface area contributed by atoms with Gasteiger partial charge in [0.25, 0.3) is 0 Å². The van der Waals surface area contributed by atoms with Crippen molar-refractivity contribution in [3.05, 3.63) is 18.1 Å². The molecule has 0 saturated carbocycles. The Balaban J connectivity index is 2.48. The number of anilines is 1. The minimum absolute atomic E-state index is 0.468. The van der Waals surface area contributed by atoms with Crippen molar-refractivity contribution < 1.29 is 0 Å². The van der Waals surface area contributed by atoms with Gasteiger partial charge in [0.1, 0.15) is 12.1 Å². The van der Waals surface area contributed by atoms with Crippen molar-refractivity contribution in [2.45, 2.75) is 6.92 Å². The number of nitrogens with zero attached hydrogens (tertiary/aromatic N) is 4. The topological polar surface area (TPSA) is 105 Å². The Bertz CT molecular complexity index is 422. The van der Waals surface area contributed by atoms with Gasteiger partial charge in [-0.3, -0.25) is 5.10 Å². The molecule has 2 aromatic heterocycles. The lowest BCUT2D eigenvalue weighted by Crippen LogP contribution is -2.10. The van der Waals surface area contributed by atoms with Crippen LogP contribution in [-0.4, -0.2) is 25.1 Å². The van der Waals surface area contributed by atoms with Gasteiger partial charge in [0.05, 0.1) is 0 Å². The molecule has 72 valence electrons. The number of H-pyrrole nitrogens is 1. The van der Waals surface area contributed by atoms with E-state index in [2.05, 4.69) is 30.6 Å². The molecular weight excluding hydrogens is 182 g/mol. The zero-order chi connectivity index (χ0) is 9.97. The van der Waals surface area contributed by atoms with Gasteiger partial charge in [-0.05, 0) is 6.92 Å². The third kappa shape index (κ3) is 1.52. The van der Waals surface area contributed by atoms with Crippen molar-refractivity contribution >= 4 is 5.82 Å². The average Bonchev–Trinajstić information content (AvgIpc) is 2.69. The van der Waals surface area contributed by atoms with Crippen molar-refractivity contribution in [3.8, 4) is 11.6 Å². The van der Waals surface area contributed by atoms with E-state index in [1.807, 2.05) is 6.92 Å². The van der Waals surface area contributed by atoms with Crippen LogP contribution in [0.5, 0.6) is 0 Å². The van der Waals surface area contributed by atoms with E-state index < -0.39 is 0 Å². The second kappa shape index (κ2) is 3.38. The zero-order valence-corrected chi connectivity index (χ0v) is 7.52. The third-order valence-electron chi connectivity index (χ3n) is 1.63. The summed E-state index contributed by atoms with van der Waals surface area (Å²) in [5.74, 6) is 6.79. The van der Waals surface area contributed by atoms with E-state index in [0.29, 0.717) is 17.5 Å². The number of hydrogen-bond donors (Lipinski definition) is 3. The van der Waals surface area contributed by atoms with Crippen molar-refractivity contribution in [1.29, 1.82) is 0 Å². The highest BCUT2D eigenvalue weighted by atomic mass is 15.3. The molecule has 0 fully saturated rings. The summed E-state index contributed by atoms with van der Waals surface area (Å²) in [5, 5.41) is 6.39. The van der Waals surface area contributed by atoms with Crippen LogP contribution in [-0.2, 0) is 0 Å². The largest absolute Gasteiger partial charge is 0.308 e. The van der Waals surface area contributed by atoms with E-state index in [9.17, 15) is 0 Å². The van der Waals surface area contributed by atoms with Crippen LogP contribution in [0.3, 0.4) is 0 Å². The SMILES string of the molecule is Cc1cc(NN)nc(-c2ncn[nH]2)n1. The normalized spacial score (nSPS) is 10.1. The van der Waals surface area contributed by atoms with E-state index in [0.717, 1.165) is 5.69 Å². The Kier molecular flexibility index (Phi) is 2.07. The average molecular weight is 191 g/mol. The van der Waals surface area contributed by atoms with Crippen molar-refractivity contribution in [3.63, 3.8) is 0 Å². The molecule has 7 heteroatoms. The van der Waals surface area contributed by atoms with Gasteiger partial charge in [-0.2, -0.15) is 5.10 Å². The molecule has 0 aliphatic heterocycles. The Morgan fingerprint density at radius 1 is 1.43 bits per heavy atom. The van der Waals surface area contributed by atoms with E-state index in [1.165, 1.54) is 6.33 Å². The Morgan fingerprint density at radius 2 is 2.29 bits per heavy atom. The van der Waals surface area contributed by atoms with Crippen LogP contribution < -0.4 is 11.3 Å². The number of hydrazine groups is 1. The Labute approximate surface area is 79.8 Å². The van der Waals surface area contributed by atoms with E-state index in [4.69, 9.17) is 5.84 Å². The fraction of sp³-hybridized carbons (Fsp3) is 0.143. The number of nitrogen functional groups attached to an aromatic ring is 1. The van der Waals surface area contributed by atoms with Gasteiger partial charge in [-0.1, -0.05) is 0 Å². The summed E-state index contributed by atoms with van der Waals surface area (Å²) in [6.45, 7) is 1.85. The van der Waals surface area contributed by atoms with Gasteiger partial charge in [-0.25, -0.2) is 20.8 Å². The number of nitrogens with one attached hydrogen (secondary N) is 2. The van der Waals surface area contributed by atoms with E-state index in [-0.39, 0.29) is 0 Å². The Morgan fingerprint density at radius 3 is 2.93 bits per heavy atom. The monoisotopic (exact) mass is 191 g/mol. The number of rotatable bonds is 2. The molecule has 0 spiro atoms. The zero-order valence-electron chi connectivity index (χ0n) is 7.52. The fourth-order valence-corrected chi connectivity index (χ4v) is 1.06. The summed E-state index contributed by atoms with van der Waals surface area (Å²) >= 11 is 0. The molecule has 0 bridgehead atoms. The lowest BCUT2D eigenvalue weighted by Gasteiger charge is -2.02. The van der Waals surface area contributed by atoms with Crippen molar-refractivity contribution in [2.24, 2.45) is 5.84 Å². The molecule has 0 saturated heterocycles. The third-order valence-corrected chi connectivity index (χ3v) is 1.63. The van der Waals surface area contributed by atoms with Gasteiger partial charge >= 0.3 is 0 Å². The molecule has 14 heavy (non-hydrogen) atoms. The van der Waals surface area contributed by atoms with Crippen LogP contribution in [0.1, 0.15) is 5.69 Å². The smallest absolute Gasteiger partial charge is 0.199 e. The highest BCUT2D eigenvalue weighted by Crippen LogP contribution is 2.11. The first-order valence-corrected chi connectivity index (χ1v) is 3.97. The number of nitrogens with two attached hydrogens (primary N) is 1. The second-order valence-electron chi connectivity index (χ2n) is 2.70. The lowest BCUT2D eigenvalue weighted by molar-refractivity contribution is 1.04. The molecule has 7 nitrogen and oxygen atoms in total. The predicted molar refractivity (Wildman–Crippen MR) is 50.0 cm³/mol. The summed E-state index contributed by atoms with van der Waals surface area (Å²) < 4.78 is 0. The maximum atomic E-state index is 5.25. The quantitative estimate of drug-likeness (QED) is 0.450. The Hall–Kier alpha value is -2.02. The lowest BCUT2D eigenvalue weighted by atomic mass is 10.4. The highest BCUT2D eigenvalue weighted by molar-refractivity contribution is 5.47. The second-order valence-corrected chi connectivity index (χ2v) is 2.70. The van der Waals surface area contributed by atoms with Crippen LogP contribution in [0, 0.1) is 6.92 Å². The van der Waals surface area contributed by atoms with Crippen LogP contribution in [0.15, 0.2) is 12.4 Å². The van der Waals surface area contributed by atoms with Gasteiger partial charge in [0, 0.05) is 11.8 Å². The molecule has 0 aliphatic carbocycles. The van der Waals surface area contributed by atoms with Crippen molar-refractivity contribution in [2.75, 3.05) is 5.43 Å². The van der Waals surface area contributed by atoms with Gasteiger partial charge in [-0.15, -0.1) is 0 Å². The molecule has 4 N–H and O–H groups in total. The van der Waals surface area contributed by atoms with Crippen LogP contribution >= 0.6 is 0 Å². The molecule has 0 unspecified atom stereocenters. The van der Waals surface area contributed by atoms with E-state index in [1.54, 1.807) is 6.07 Å². The number of hydrogen-bond acceptors (Lipinski definition) is 6. The van der Waals surface area contributed by atoms with Gasteiger partial charge < -0.3 is 5.43 Å². The molecule has 0 aromatic carbocycles. The summed E-state index contributed by atoms with van der Waals surface area (Å²) in [4.78, 5) is 12.2. The first-order valence-electron chi connectivity index (χ1n) is 3.97. The molecule has 0 aliphatic rings. The number of aryl methyl sites for hydroxylation is 1. The molecule has 0 amide bonds. The van der Waals surface area contributed by atoms with E-state index >= 15 is 0 Å². The minimum Gasteiger partial charge on any atom is -0.308 e. The summed E-state index contributed by atoms with van der Waals surface area (Å²) in [6.07, 6.45) is 1.40. The van der Waals surface area contributed by atoms with Crippen LogP contribution in [0.25, 0.3) is 11.6 Å².